The minimum Gasteiger partial charge on any atom is -0.458 e. The maximum Gasteiger partial charge on any atom is 0.185 e. The molecule has 0 N–H and O–H groups in total. The van der Waals surface area contributed by atoms with Gasteiger partial charge in [-0.25, -0.2) is 0 Å². The van der Waals surface area contributed by atoms with Crippen molar-refractivity contribution in [3.8, 4) is 0 Å². The van der Waals surface area contributed by atoms with E-state index in [1.165, 1.54) is 64.2 Å². The van der Waals surface area contributed by atoms with Gasteiger partial charge in [-0.2, -0.15) is 0 Å². The summed E-state index contributed by atoms with van der Waals surface area (Å²) >= 11 is 0. The van der Waals surface area contributed by atoms with Crippen LogP contribution in [-0.2, 0) is 6.42 Å². The number of hydrogen-bond donors (Lipinski definition) is 0. The molecule has 2 nitrogen and oxygen atoms in total. The fourth-order valence-corrected chi connectivity index (χ4v) is 2.38. The van der Waals surface area contributed by atoms with Crippen LogP contribution in [0.5, 0.6) is 0 Å². The van der Waals surface area contributed by atoms with Crippen molar-refractivity contribution in [2.24, 2.45) is 0 Å². The van der Waals surface area contributed by atoms with E-state index in [0.29, 0.717) is 5.76 Å². The lowest BCUT2D eigenvalue weighted by Gasteiger charge is -2.01. The molecule has 19 heavy (non-hydrogen) atoms. The second kappa shape index (κ2) is 10.8. The Kier molecular flexibility index (Phi) is 9.13. The zero-order valence-electron chi connectivity index (χ0n) is 12.3. The molecule has 1 aromatic heterocycles. The molecule has 0 amide bonds. The topological polar surface area (TPSA) is 30.2 Å². The van der Waals surface area contributed by atoms with Gasteiger partial charge in [0.1, 0.15) is 5.76 Å². The normalized spacial score (nSPS) is 10.8. The Hall–Kier alpha value is -1.05. The van der Waals surface area contributed by atoms with Gasteiger partial charge in [0.15, 0.2) is 12.0 Å². The van der Waals surface area contributed by atoms with Gasteiger partial charge >= 0.3 is 0 Å². The van der Waals surface area contributed by atoms with E-state index in [1.54, 1.807) is 6.07 Å². The fourth-order valence-electron chi connectivity index (χ4n) is 2.38. The maximum absolute atomic E-state index is 10.5. The van der Waals surface area contributed by atoms with E-state index in [4.69, 9.17) is 4.42 Å². The SMILES string of the molecule is CCCCCCCCCCCCc1ccc(C=O)o1. The van der Waals surface area contributed by atoms with Crippen molar-refractivity contribution in [3.05, 3.63) is 23.7 Å². The molecule has 1 aromatic rings. The summed E-state index contributed by atoms with van der Waals surface area (Å²) in [6.45, 7) is 2.26. The third-order valence-corrected chi connectivity index (χ3v) is 3.58. The molecule has 0 aliphatic heterocycles. The molecule has 0 unspecified atom stereocenters. The van der Waals surface area contributed by atoms with E-state index in [1.807, 2.05) is 6.07 Å². The first kappa shape index (κ1) is 16.0. The Balaban J connectivity index is 1.87. The highest BCUT2D eigenvalue weighted by molar-refractivity contribution is 5.70. The molecule has 0 aliphatic rings. The van der Waals surface area contributed by atoms with Crippen LogP contribution in [0.25, 0.3) is 0 Å². The van der Waals surface area contributed by atoms with Crippen LogP contribution >= 0.6 is 0 Å². The molecule has 1 heterocycles. The molecule has 0 atom stereocenters. The largest absolute Gasteiger partial charge is 0.458 e. The second-order valence-corrected chi connectivity index (χ2v) is 5.35. The first-order valence-electron chi connectivity index (χ1n) is 7.90. The minimum atomic E-state index is 0.446. The van der Waals surface area contributed by atoms with E-state index in [9.17, 15) is 4.79 Å². The summed E-state index contributed by atoms with van der Waals surface area (Å²) in [4.78, 5) is 10.5. The Morgan fingerprint density at radius 1 is 0.895 bits per heavy atom. The summed E-state index contributed by atoms with van der Waals surface area (Å²) in [5, 5.41) is 0. The molecule has 0 saturated heterocycles. The molecule has 0 spiro atoms. The van der Waals surface area contributed by atoms with Crippen LogP contribution in [0.3, 0.4) is 0 Å². The lowest BCUT2D eigenvalue weighted by molar-refractivity contribution is 0.109. The lowest BCUT2D eigenvalue weighted by Crippen LogP contribution is -1.85. The smallest absolute Gasteiger partial charge is 0.185 e. The van der Waals surface area contributed by atoms with Crippen LogP contribution in [0.4, 0.5) is 0 Å². The highest BCUT2D eigenvalue weighted by Crippen LogP contribution is 2.13. The summed E-state index contributed by atoms with van der Waals surface area (Å²) in [6.07, 6.45) is 15.2. The molecular weight excluding hydrogens is 236 g/mol. The van der Waals surface area contributed by atoms with Crippen molar-refractivity contribution in [1.82, 2.24) is 0 Å². The van der Waals surface area contributed by atoms with E-state index in [2.05, 4.69) is 6.92 Å². The van der Waals surface area contributed by atoms with Gasteiger partial charge in [0, 0.05) is 6.42 Å². The molecule has 0 radical (unpaired) electrons. The number of hydrogen-bond acceptors (Lipinski definition) is 2. The summed E-state index contributed by atoms with van der Waals surface area (Å²) in [5.41, 5.74) is 0. The van der Waals surface area contributed by atoms with Crippen LogP contribution in [0, 0.1) is 0 Å². The van der Waals surface area contributed by atoms with Crippen LogP contribution < -0.4 is 0 Å². The van der Waals surface area contributed by atoms with Crippen LogP contribution in [0.1, 0.15) is 87.4 Å². The van der Waals surface area contributed by atoms with Crippen molar-refractivity contribution >= 4 is 6.29 Å². The fraction of sp³-hybridized carbons (Fsp3) is 0.706. The van der Waals surface area contributed by atoms with Crippen LogP contribution in [-0.4, -0.2) is 6.29 Å². The first-order valence-corrected chi connectivity index (χ1v) is 7.90. The van der Waals surface area contributed by atoms with Gasteiger partial charge in [0.25, 0.3) is 0 Å². The van der Waals surface area contributed by atoms with Gasteiger partial charge in [0.2, 0.25) is 0 Å². The number of rotatable bonds is 12. The number of carbonyl (C=O) groups excluding carboxylic acids is 1. The summed E-state index contributed by atoms with van der Waals surface area (Å²) < 4.78 is 5.35. The summed E-state index contributed by atoms with van der Waals surface area (Å²) in [7, 11) is 0. The first-order chi connectivity index (χ1) is 9.36. The van der Waals surface area contributed by atoms with Gasteiger partial charge in [0.05, 0.1) is 0 Å². The second-order valence-electron chi connectivity index (χ2n) is 5.35. The number of aldehydes is 1. The molecule has 2 heteroatoms. The Bertz CT molecular complexity index is 328. The Morgan fingerprint density at radius 2 is 1.47 bits per heavy atom. The quantitative estimate of drug-likeness (QED) is 0.365. The zero-order chi connectivity index (χ0) is 13.8. The van der Waals surface area contributed by atoms with E-state index in [0.717, 1.165) is 18.5 Å². The zero-order valence-corrected chi connectivity index (χ0v) is 12.3. The average molecular weight is 264 g/mol. The Labute approximate surface area is 117 Å². The third kappa shape index (κ3) is 7.86. The van der Waals surface area contributed by atoms with E-state index >= 15 is 0 Å². The monoisotopic (exact) mass is 264 g/mol. The lowest BCUT2D eigenvalue weighted by atomic mass is 10.1. The molecule has 1 rings (SSSR count). The number of carbonyl (C=O) groups is 1. The third-order valence-electron chi connectivity index (χ3n) is 3.58. The van der Waals surface area contributed by atoms with E-state index < -0.39 is 0 Å². The van der Waals surface area contributed by atoms with Crippen molar-refractivity contribution < 1.29 is 9.21 Å². The summed E-state index contributed by atoms with van der Waals surface area (Å²) in [6, 6.07) is 3.66. The summed E-state index contributed by atoms with van der Waals surface area (Å²) in [5.74, 6) is 1.39. The van der Waals surface area contributed by atoms with Crippen molar-refractivity contribution in [3.63, 3.8) is 0 Å². The molecule has 0 aliphatic carbocycles. The molecule has 0 fully saturated rings. The molecule has 0 saturated carbocycles. The highest BCUT2D eigenvalue weighted by Gasteiger charge is 2.00. The average Bonchev–Trinajstić information content (AvgIpc) is 2.89. The highest BCUT2D eigenvalue weighted by atomic mass is 16.3. The van der Waals surface area contributed by atoms with Gasteiger partial charge in [-0.15, -0.1) is 0 Å². The maximum atomic E-state index is 10.5. The molecule has 0 aromatic carbocycles. The van der Waals surface area contributed by atoms with Gasteiger partial charge < -0.3 is 4.42 Å². The van der Waals surface area contributed by atoms with Crippen LogP contribution in [0.15, 0.2) is 16.5 Å². The molecular formula is C17H28O2. The van der Waals surface area contributed by atoms with Crippen molar-refractivity contribution in [1.29, 1.82) is 0 Å². The van der Waals surface area contributed by atoms with Crippen molar-refractivity contribution in [2.75, 3.05) is 0 Å². The predicted octanol–water partition coefficient (Wildman–Crippen LogP) is 5.56. The van der Waals surface area contributed by atoms with E-state index in [-0.39, 0.29) is 0 Å². The molecule has 108 valence electrons. The number of furan rings is 1. The number of unbranched alkanes of at least 4 members (excludes halogenated alkanes) is 9. The van der Waals surface area contributed by atoms with Gasteiger partial charge in [-0.1, -0.05) is 64.7 Å². The van der Waals surface area contributed by atoms with Crippen LogP contribution in [0.2, 0.25) is 0 Å². The predicted molar refractivity (Wildman–Crippen MR) is 79.6 cm³/mol. The van der Waals surface area contributed by atoms with Crippen molar-refractivity contribution in [2.45, 2.75) is 77.6 Å². The minimum absolute atomic E-state index is 0.446. The van der Waals surface area contributed by atoms with Gasteiger partial charge in [-0.05, 0) is 18.6 Å². The Morgan fingerprint density at radius 3 is 2.00 bits per heavy atom. The molecule has 0 bridgehead atoms. The number of aryl methyl sites for hydroxylation is 1. The van der Waals surface area contributed by atoms with Gasteiger partial charge in [-0.3, -0.25) is 4.79 Å². The standard InChI is InChI=1S/C17H28O2/c1-2-3-4-5-6-7-8-9-10-11-12-16-13-14-17(15-18)19-16/h13-15H,2-12H2,1H3.